The van der Waals surface area contributed by atoms with E-state index >= 15 is 0 Å². The average molecular weight is 532 g/mol. The highest BCUT2D eigenvalue weighted by atomic mass is 16.3. The number of nitrogens with zero attached hydrogens (tertiary/aromatic N) is 3. The molecule has 0 saturated heterocycles. The molecule has 7 rings (SSSR count). The maximum absolute atomic E-state index is 6.60. The molecule has 4 heteroatoms. The Morgan fingerprint density at radius 1 is 0.732 bits per heavy atom. The Labute approximate surface area is 239 Å². The van der Waals surface area contributed by atoms with E-state index in [1.807, 2.05) is 36.7 Å². The van der Waals surface area contributed by atoms with Gasteiger partial charge in [0.2, 0.25) is 0 Å². The lowest BCUT2D eigenvalue weighted by Gasteiger charge is -2.28. The van der Waals surface area contributed by atoms with Crippen LogP contribution in [-0.2, 0) is 0 Å². The SMILES string of the molecule is C=C1/C=C\C=C/C(C)c2ccccc2N1c1cncc2c1oc1ccc(N(c3ccccc3)c3ccccc3)cc12. The first-order valence-corrected chi connectivity index (χ1v) is 13.8. The number of pyridine rings is 1. The lowest BCUT2D eigenvalue weighted by Crippen LogP contribution is -2.17. The smallest absolute Gasteiger partial charge is 0.162 e. The van der Waals surface area contributed by atoms with Crippen LogP contribution < -0.4 is 9.80 Å². The Balaban J connectivity index is 1.42. The first-order valence-electron chi connectivity index (χ1n) is 13.8. The molecule has 0 N–H and O–H groups in total. The van der Waals surface area contributed by atoms with Crippen molar-refractivity contribution >= 4 is 50.4 Å². The number of allylic oxidation sites excluding steroid dienone is 4. The second-order valence-electron chi connectivity index (χ2n) is 10.2. The van der Waals surface area contributed by atoms with Crippen molar-refractivity contribution in [2.75, 3.05) is 9.80 Å². The Morgan fingerprint density at radius 2 is 1.44 bits per heavy atom. The lowest BCUT2D eigenvalue weighted by molar-refractivity contribution is 0.668. The van der Waals surface area contributed by atoms with Gasteiger partial charge in [-0.25, -0.2) is 0 Å². The summed E-state index contributed by atoms with van der Waals surface area (Å²) in [5.41, 5.74) is 8.79. The van der Waals surface area contributed by atoms with E-state index < -0.39 is 0 Å². The van der Waals surface area contributed by atoms with Gasteiger partial charge in [0.25, 0.3) is 0 Å². The van der Waals surface area contributed by atoms with Gasteiger partial charge in [-0.15, -0.1) is 0 Å². The van der Waals surface area contributed by atoms with Crippen LogP contribution in [0.1, 0.15) is 18.4 Å². The maximum Gasteiger partial charge on any atom is 0.162 e. The van der Waals surface area contributed by atoms with Crippen molar-refractivity contribution in [3.8, 4) is 0 Å². The molecule has 1 atom stereocenters. The van der Waals surface area contributed by atoms with Gasteiger partial charge >= 0.3 is 0 Å². The van der Waals surface area contributed by atoms with E-state index in [0.29, 0.717) is 0 Å². The number of anilines is 5. The van der Waals surface area contributed by atoms with Crippen molar-refractivity contribution < 1.29 is 4.42 Å². The molecule has 4 aromatic carbocycles. The maximum atomic E-state index is 6.60. The third-order valence-electron chi connectivity index (χ3n) is 7.63. The van der Waals surface area contributed by atoms with Crippen molar-refractivity contribution in [1.29, 1.82) is 0 Å². The highest BCUT2D eigenvalue weighted by Gasteiger charge is 2.23. The average Bonchev–Trinajstić information content (AvgIpc) is 3.41. The summed E-state index contributed by atoms with van der Waals surface area (Å²) in [4.78, 5) is 9.13. The molecular formula is C37H29N3O. The molecule has 1 aliphatic heterocycles. The van der Waals surface area contributed by atoms with E-state index in [4.69, 9.17) is 9.40 Å². The number of rotatable bonds is 4. The molecular weight excluding hydrogens is 502 g/mol. The van der Waals surface area contributed by atoms with Gasteiger partial charge in [-0.1, -0.05) is 86.3 Å². The highest BCUT2D eigenvalue weighted by molar-refractivity contribution is 6.10. The van der Waals surface area contributed by atoms with E-state index in [9.17, 15) is 0 Å². The third-order valence-corrected chi connectivity index (χ3v) is 7.63. The molecule has 0 amide bonds. The number of hydrogen-bond acceptors (Lipinski definition) is 4. The van der Waals surface area contributed by atoms with Crippen LogP contribution in [0.15, 0.2) is 157 Å². The van der Waals surface area contributed by atoms with Gasteiger partial charge < -0.3 is 14.2 Å². The number of benzene rings is 4. The van der Waals surface area contributed by atoms with E-state index in [0.717, 1.165) is 56.1 Å². The van der Waals surface area contributed by atoms with Gasteiger partial charge in [0.1, 0.15) is 11.3 Å². The number of hydrogen-bond donors (Lipinski definition) is 0. The van der Waals surface area contributed by atoms with E-state index in [1.165, 1.54) is 5.56 Å². The fourth-order valence-corrected chi connectivity index (χ4v) is 5.65. The number of aromatic nitrogens is 1. The Bertz CT molecular complexity index is 1900. The van der Waals surface area contributed by atoms with Crippen LogP contribution in [0.25, 0.3) is 21.9 Å². The molecule has 2 aromatic heterocycles. The zero-order valence-corrected chi connectivity index (χ0v) is 22.8. The summed E-state index contributed by atoms with van der Waals surface area (Å²) in [5, 5.41) is 1.97. The van der Waals surface area contributed by atoms with E-state index in [2.05, 4.69) is 126 Å². The molecule has 0 spiro atoms. The normalized spacial score (nSPS) is 16.6. The largest absolute Gasteiger partial charge is 0.454 e. The summed E-state index contributed by atoms with van der Waals surface area (Å²) in [6.45, 7) is 6.64. The summed E-state index contributed by atoms with van der Waals surface area (Å²) < 4.78 is 6.60. The predicted molar refractivity (Wildman–Crippen MR) is 171 cm³/mol. The minimum Gasteiger partial charge on any atom is -0.454 e. The predicted octanol–water partition coefficient (Wildman–Crippen LogP) is 10.3. The van der Waals surface area contributed by atoms with Gasteiger partial charge in [0, 0.05) is 45.6 Å². The highest BCUT2D eigenvalue weighted by Crippen LogP contribution is 2.44. The summed E-state index contributed by atoms with van der Waals surface area (Å²) in [5.74, 6) is 0.233. The van der Waals surface area contributed by atoms with Gasteiger partial charge in [0.15, 0.2) is 5.58 Å². The third kappa shape index (κ3) is 4.40. The van der Waals surface area contributed by atoms with Crippen LogP contribution in [0.2, 0.25) is 0 Å². The molecule has 41 heavy (non-hydrogen) atoms. The molecule has 1 unspecified atom stereocenters. The van der Waals surface area contributed by atoms with Gasteiger partial charge in [-0.3, -0.25) is 4.98 Å². The molecule has 3 heterocycles. The number of furan rings is 1. The van der Waals surface area contributed by atoms with Crippen LogP contribution in [0.4, 0.5) is 28.4 Å². The Hall–Kier alpha value is -5.35. The summed E-state index contributed by atoms with van der Waals surface area (Å²) in [6.07, 6.45) is 12.1. The number of fused-ring (bicyclic) bond motifs is 4. The van der Waals surface area contributed by atoms with Crippen molar-refractivity contribution in [3.63, 3.8) is 0 Å². The first-order chi connectivity index (χ1) is 20.2. The summed E-state index contributed by atoms with van der Waals surface area (Å²) >= 11 is 0. The van der Waals surface area contributed by atoms with E-state index in [1.54, 1.807) is 0 Å². The lowest BCUT2D eigenvalue weighted by atomic mass is 9.98. The molecule has 6 aromatic rings. The summed E-state index contributed by atoms with van der Waals surface area (Å²) in [6, 6.07) is 35.7. The quantitative estimate of drug-likeness (QED) is 0.226. The summed E-state index contributed by atoms with van der Waals surface area (Å²) in [7, 11) is 0. The topological polar surface area (TPSA) is 32.5 Å². The molecule has 198 valence electrons. The zero-order chi connectivity index (χ0) is 27.8. The molecule has 0 aliphatic carbocycles. The Kier molecular flexibility index (Phi) is 6.21. The van der Waals surface area contributed by atoms with Crippen molar-refractivity contribution in [1.82, 2.24) is 4.98 Å². The van der Waals surface area contributed by atoms with Crippen molar-refractivity contribution in [3.05, 3.63) is 158 Å². The fraction of sp³-hybridized carbons (Fsp3) is 0.0541. The van der Waals surface area contributed by atoms with E-state index in [-0.39, 0.29) is 5.92 Å². The van der Waals surface area contributed by atoms with Gasteiger partial charge in [-0.05, 0) is 60.2 Å². The molecule has 4 nitrogen and oxygen atoms in total. The van der Waals surface area contributed by atoms with Crippen LogP contribution in [0, 0.1) is 0 Å². The molecule has 0 bridgehead atoms. The molecule has 0 saturated carbocycles. The van der Waals surface area contributed by atoms with Crippen LogP contribution in [-0.4, -0.2) is 4.98 Å². The molecule has 0 fully saturated rings. The standard InChI is InChI=1S/C37H29N3O/c1-26-13-9-10-14-27(2)39(34-20-12-11-19-31(26)34)35-25-38-24-33-32-23-30(21-22-36(32)41-37(33)35)40(28-15-5-3-6-16-28)29-17-7-4-8-18-29/h3-26H,2H2,1H3/b13-9-,14-10-. The van der Waals surface area contributed by atoms with Crippen LogP contribution in [0.3, 0.4) is 0 Å². The first kappa shape index (κ1) is 24.7. The molecule has 0 radical (unpaired) electrons. The second-order valence-corrected chi connectivity index (χ2v) is 10.2. The van der Waals surface area contributed by atoms with Gasteiger partial charge in [-0.2, -0.15) is 0 Å². The van der Waals surface area contributed by atoms with Crippen LogP contribution in [0.5, 0.6) is 0 Å². The van der Waals surface area contributed by atoms with Crippen molar-refractivity contribution in [2.45, 2.75) is 12.8 Å². The van der Waals surface area contributed by atoms with Gasteiger partial charge in [0.05, 0.1) is 11.9 Å². The minimum atomic E-state index is 0.233. The zero-order valence-electron chi connectivity index (χ0n) is 22.8. The number of para-hydroxylation sites is 3. The van der Waals surface area contributed by atoms with Crippen molar-refractivity contribution in [2.24, 2.45) is 0 Å². The monoisotopic (exact) mass is 531 g/mol. The Morgan fingerprint density at radius 3 is 2.20 bits per heavy atom. The molecule has 1 aliphatic rings. The van der Waals surface area contributed by atoms with Crippen LogP contribution >= 0.6 is 0 Å². The fourth-order valence-electron chi connectivity index (χ4n) is 5.65. The minimum absolute atomic E-state index is 0.233. The second kappa shape index (κ2) is 10.3.